The molecule has 0 aromatic heterocycles. The lowest BCUT2D eigenvalue weighted by atomic mass is 9.78. The molecule has 0 aromatic rings. The number of carbonyl (C=O) groups excluding carboxylic acids is 2. The van der Waals surface area contributed by atoms with Crippen molar-refractivity contribution in [1.29, 1.82) is 0 Å². The maximum atomic E-state index is 11.2. The van der Waals surface area contributed by atoms with Gasteiger partial charge in [0.2, 0.25) is 0 Å². The molecule has 0 aromatic carbocycles. The fourth-order valence-corrected chi connectivity index (χ4v) is 1.25. The highest BCUT2D eigenvalue weighted by Crippen LogP contribution is 2.30. The van der Waals surface area contributed by atoms with Crippen molar-refractivity contribution in [2.45, 2.75) is 27.2 Å². The molecule has 70 valence electrons. The molecular weight excluding hydrogens is 164 g/mol. The standard InChI is InChI=1S/C11H14O2/c1-8(12)10-4-6-11(3,7-5-10)9(2)13/h4-6H,7H2,1-3H3. The minimum Gasteiger partial charge on any atom is -0.299 e. The van der Waals surface area contributed by atoms with Crippen molar-refractivity contribution < 1.29 is 9.59 Å². The monoisotopic (exact) mass is 178 g/mol. The van der Waals surface area contributed by atoms with Crippen LogP contribution < -0.4 is 0 Å². The molecule has 0 saturated carbocycles. The topological polar surface area (TPSA) is 34.1 Å². The summed E-state index contributed by atoms with van der Waals surface area (Å²) in [5.74, 6) is 0.199. The average Bonchev–Trinajstić information content (AvgIpc) is 2.04. The third kappa shape index (κ3) is 1.94. The van der Waals surface area contributed by atoms with E-state index in [4.69, 9.17) is 0 Å². The van der Waals surface area contributed by atoms with E-state index >= 15 is 0 Å². The van der Waals surface area contributed by atoms with Gasteiger partial charge < -0.3 is 0 Å². The van der Waals surface area contributed by atoms with Gasteiger partial charge in [0.25, 0.3) is 0 Å². The zero-order chi connectivity index (χ0) is 10.1. The Labute approximate surface area is 78.3 Å². The first-order valence-electron chi connectivity index (χ1n) is 4.37. The van der Waals surface area contributed by atoms with E-state index in [1.807, 2.05) is 19.1 Å². The predicted molar refractivity (Wildman–Crippen MR) is 51.3 cm³/mol. The third-order valence-electron chi connectivity index (χ3n) is 2.59. The van der Waals surface area contributed by atoms with Gasteiger partial charge in [0.05, 0.1) is 0 Å². The second kappa shape index (κ2) is 3.29. The zero-order valence-corrected chi connectivity index (χ0v) is 8.26. The van der Waals surface area contributed by atoms with Gasteiger partial charge in [-0.05, 0) is 27.2 Å². The Balaban J connectivity index is 2.85. The number of hydrogen-bond donors (Lipinski definition) is 0. The summed E-state index contributed by atoms with van der Waals surface area (Å²) in [4.78, 5) is 22.2. The molecule has 0 saturated heterocycles. The van der Waals surface area contributed by atoms with E-state index < -0.39 is 5.41 Å². The van der Waals surface area contributed by atoms with E-state index in [2.05, 4.69) is 0 Å². The van der Waals surface area contributed by atoms with Gasteiger partial charge in [-0.3, -0.25) is 9.59 Å². The van der Waals surface area contributed by atoms with E-state index in [0.717, 1.165) is 0 Å². The van der Waals surface area contributed by atoms with Crippen LogP contribution in [0.4, 0.5) is 0 Å². The highest BCUT2D eigenvalue weighted by Gasteiger charge is 2.27. The van der Waals surface area contributed by atoms with Crippen LogP contribution in [-0.2, 0) is 9.59 Å². The Morgan fingerprint density at radius 2 is 2.00 bits per heavy atom. The van der Waals surface area contributed by atoms with Crippen LogP contribution >= 0.6 is 0 Å². The van der Waals surface area contributed by atoms with Crippen LogP contribution in [0.2, 0.25) is 0 Å². The van der Waals surface area contributed by atoms with E-state index in [9.17, 15) is 9.59 Å². The first-order chi connectivity index (χ1) is 5.96. The SMILES string of the molecule is CC(=O)C1=CCC(C)(C(C)=O)C=C1. The molecule has 0 aliphatic heterocycles. The van der Waals surface area contributed by atoms with Crippen LogP contribution in [0.15, 0.2) is 23.8 Å². The molecule has 0 heterocycles. The molecular formula is C11H14O2. The quantitative estimate of drug-likeness (QED) is 0.648. The number of ketones is 2. The van der Waals surface area contributed by atoms with Gasteiger partial charge in [-0.1, -0.05) is 18.2 Å². The summed E-state index contributed by atoms with van der Waals surface area (Å²) in [6, 6.07) is 0. The van der Waals surface area contributed by atoms with Gasteiger partial charge in [0.15, 0.2) is 5.78 Å². The van der Waals surface area contributed by atoms with Gasteiger partial charge in [-0.15, -0.1) is 0 Å². The molecule has 0 bridgehead atoms. The summed E-state index contributed by atoms with van der Waals surface area (Å²) >= 11 is 0. The number of carbonyl (C=O) groups is 2. The van der Waals surface area contributed by atoms with Crippen LogP contribution in [-0.4, -0.2) is 11.6 Å². The molecule has 13 heavy (non-hydrogen) atoms. The van der Waals surface area contributed by atoms with Crippen molar-refractivity contribution >= 4 is 11.6 Å². The van der Waals surface area contributed by atoms with Gasteiger partial charge >= 0.3 is 0 Å². The van der Waals surface area contributed by atoms with Gasteiger partial charge in [-0.2, -0.15) is 0 Å². The van der Waals surface area contributed by atoms with Crippen molar-refractivity contribution in [2.24, 2.45) is 5.41 Å². The minimum atomic E-state index is -0.404. The van der Waals surface area contributed by atoms with E-state index in [0.29, 0.717) is 12.0 Å². The van der Waals surface area contributed by atoms with E-state index in [-0.39, 0.29) is 11.6 Å². The highest BCUT2D eigenvalue weighted by atomic mass is 16.1. The Hall–Kier alpha value is -1.18. The summed E-state index contributed by atoms with van der Waals surface area (Å²) in [7, 11) is 0. The molecule has 1 atom stereocenters. The number of allylic oxidation sites excluding steroid dienone is 4. The maximum absolute atomic E-state index is 11.2. The van der Waals surface area contributed by atoms with Gasteiger partial charge in [-0.25, -0.2) is 0 Å². The fraction of sp³-hybridized carbons (Fsp3) is 0.455. The largest absolute Gasteiger partial charge is 0.299 e. The lowest BCUT2D eigenvalue weighted by Gasteiger charge is -2.24. The minimum absolute atomic E-state index is 0.0573. The lowest BCUT2D eigenvalue weighted by molar-refractivity contribution is -0.123. The van der Waals surface area contributed by atoms with Crippen LogP contribution in [0.3, 0.4) is 0 Å². The summed E-state index contributed by atoms with van der Waals surface area (Å²) < 4.78 is 0. The molecule has 0 radical (unpaired) electrons. The van der Waals surface area contributed by atoms with Crippen LogP contribution in [0, 0.1) is 5.41 Å². The first kappa shape index (κ1) is 9.90. The molecule has 0 spiro atoms. The smallest absolute Gasteiger partial charge is 0.159 e. The summed E-state index contributed by atoms with van der Waals surface area (Å²) in [5, 5.41) is 0. The maximum Gasteiger partial charge on any atom is 0.159 e. The fourth-order valence-electron chi connectivity index (χ4n) is 1.25. The third-order valence-corrected chi connectivity index (χ3v) is 2.59. The van der Waals surface area contributed by atoms with Crippen molar-refractivity contribution in [1.82, 2.24) is 0 Å². The van der Waals surface area contributed by atoms with Crippen LogP contribution in [0.25, 0.3) is 0 Å². The zero-order valence-electron chi connectivity index (χ0n) is 8.26. The predicted octanol–water partition coefficient (Wildman–Crippen LogP) is 2.06. The molecule has 0 amide bonds. The van der Waals surface area contributed by atoms with Crippen LogP contribution in [0.5, 0.6) is 0 Å². The van der Waals surface area contributed by atoms with Gasteiger partial charge in [0, 0.05) is 11.0 Å². The number of Topliss-reactive ketones (excluding diaryl/α,β-unsaturated/α-hetero) is 2. The average molecular weight is 178 g/mol. The second-order valence-electron chi connectivity index (χ2n) is 3.73. The molecule has 0 fully saturated rings. The Morgan fingerprint density at radius 1 is 1.38 bits per heavy atom. The molecule has 2 nitrogen and oxygen atoms in total. The Bertz CT molecular complexity index is 310. The molecule has 1 rings (SSSR count). The molecule has 2 heteroatoms. The van der Waals surface area contributed by atoms with Gasteiger partial charge in [0.1, 0.15) is 5.78 Å². The number of rotatable bonds is 2. The van der Waals surface area contributed by atoms with Crippen molar-refractivity contribution in [3.63, 3.8) is 0 Å². The van der Waals surface area contributed by atoms with E-state index in [1.165, 1.54) is 6.92 Å². The second-order valence-corrected chi connectivity index (χ2v) is 3.73. The summed E-state index contributed by atoms with van der Waals surface area (Å²) in [6.07, 6.45) is 6.04. The molecule has 1 unspecified atom stereocenters. The van der Waals surface area contributed by atoms with Crippen molar-refractivity contribution in [2.75, 3.05) is 0 Å². The Kier molecular flexibility index (Phi) is 2.50. The lowest BCUT2D eigenvalue weighted by Crippen LogP contribution is -2.24. The van der Waals surface area contributed by atoms with Crippen molar-refractivity contribution in [3.05, 3.63) is 23.8 Å². The van der Waals surface area contributed by atoms with E-state index in [1.54, 1.807) is 13.0 Å². The Morgan fingerprint density at radius 3 is 2.31 bits per heavy atom. The van der Waals surface area contributed by atoms with Crippen LogP contribution in [0.1, 0.15) is 27.2 Å². The molecule has 0 N–H and O–H groups in total. The summed E-state index contributed by atoms with van der Waals surface area (Å²) in [5.41, 5.74) is 0.303. The normalized spacial score (nSPS) is 26.8. The first-order valence-corrected chi connectivity index (χ1v) is 4.37. The molecule has 1 aliphatic carbocycles. The van der Waals surface area contributed by atoms with Crippen molar-refractivity contribution in [3.8, 4) is 0 Å². The highest BCUT2D eigenvalue weighted by molar-refractivity contribution is 5.97. The molecule has 1 aliphatic rings. The number of hydrogen-bond acceptors (Lipinski definition) is 2. The summed E-state index contributed by atoms with van der Waals surface area (Å²) in [6.45, 7) is 5.00.